The van der Waals surface area contributed by atoms with Crippen LogP contribution in [0.15, 0.2) is 24.3 Å². The Bertz CT molecular complexity index is 713. The van der Waals surface area contributed by atoms with Crippen LogP contribution in [0.1, 0.15) is 57.4 Å². The Morgan fingerprint density at radius 1 is 1.07 bits per heavy atom. The summed E-state index contributed by atoms with van der Waals surface area (Å²) in [5.41, 5.74) is 1.94. The molecule has 0 unspecified atom stereocenters. The summed E-state index contributed by atoms with van der Waals surface area (Å²) in [5, 5.41) is 12.4. The highest BCUT2D eigenvalue weighted by atomic mass is 16.2. The summed E-state index contributed by atoms with van der Waals surface area (Å²) in [6.07, 6.45) is 7.75. The molecule has 29 heavy (non-hydrogen) atoms. The summed E-state index contributed by atoms with van der Waals surface area (Å²) >= 11 is 0. The molecule has 4 fully saturated rings. The van der Waals surface area contributed by atoms with E-state index in [1.165, 1.54) is 19.3 Å². The molecular weight excluding hydrogens is 364 g/mol. The molecular formula is C23H34N4O2. The van der Waals surface area contributed by atoms with Crippen LogP contribution >= 0.6 is 0 Å². The van der Waals surface area contributed by atoms with Crippen LogP contribution in [0.25, 0.3) is 0 Å². The van der Waals surface area contributed by atoms with Gasteiger partial charge in [0.25, 0.3) is 0 Å². The highest BCUT2D eigenvalue weighted by Crippen LogP contribution is 2.55. The van der Waals surface area contributed by atoms with Gasteiger partial charge in [-0.15, -0.1) is 0 Å². The maximum Gasteiger partial charge on any atom is 0.315 e. The molecule has 5 rings (SSSR count). The average Bonchev–Trinajstić information content (AvgIpc) is 2.65. The van der Waals surface area contributed by atoms with Gasteiger partial charge in [0.15, 0.2) is 0 Å². The minimum absolute atomic E-state index is 0.00799. The van der Waals surface area contributed by atoms with Gasteiger partial charge in [-0.3, -0.25) is 4.79 Å². The third kappa shape index (κ3) is 5.10. The molecule has 1 aromatic carbocycles. The standard InChI is InChI=1S/C23H34N4O2/c1-2-24-15-16-4-3-5-20(11-16)26-21(28)6-7-25-22(29)27-23-12-17-8-18(13-23)10-19(9-17)14-23/h3-5,11,17-19,24H,2,6-10,12-15H2,1H3,(H,26,28)(H2,25,27,29). The number of rotatable bonds is 8. The Morgan fingerprint density at radius 2 is 1.76 bits per heavy atom. The zero-order valence-electron chi connectivity index (χ0n) is 17.4. The number of urea groups is 1. The molecule has 4 bridgehead atoms. The van der Waals surface area contributed by atoms with E-state index in [2.05, 4.69) is 28.2 Å². The van der Waals surface area contributed by atoms with Crippen molar-refractivity contribution in [3.63, 3.8) is 0 Å². The second-order valence-corrected chi connectivity index (χ2v) is 9.36. The summed E-state index contributed by atoms with van der Waals surface area (Å²) in [6, 6.07) is 7.73. The quantitative estimate of drug-likeness (QED) is 0.542. The molecule has 4 N–H and O–H groups in total. The van der Waals surface area contributed by atoms with E-state index in [-0.39, 0.29) is 23.9 Å². The number of hydrogen-bond acceptors (Lipinski definition) is 3. The second kappa shape index (κ2) is 8.74. The fraction of sp³-hybridized carbons (Fsp3) is 0.652. The van der Waals surface area contributed by atoms with E-state index < -0.39 is 0 Å². The van der Waals surface area contributed by atoms with E-state index in [0.29, 0.717) is 6.54 Å². The fourth-order valence-corrected chi connectivity index (χ4v) is 6.09. The van der Waals surface area contributed by atoms with Crippen LogP contribution in [0.5, 0.6) is 0 Å². The summed E-state index contributed by atoms with van der Waals surface area (Å²) in [6.45, 7) is 4.11. The Labute approximate surface area is 173 Å². The first kappa shape index (κ1) is 20.2. The summed E-state index contributed by atoms with van der Waals surface area (Å²) in [4.78, 5) is 24.7. The lowest BCUT2D eigenvalue weighted by atomic mass is 9.53. The van der Waals surface area contributed by atoms with Crippen LogP contribution in [0.3, 0.4) is 0 Å². The fourth-order valence-electron chi connectivity index (χ4n) is 6.09. The number of benzene rings is 1. The first-order chi connectivity index (χ1) is 14.0. The predicted molar refractivity (Wildman–Crippen MR) is 115 cm³/mol. The van der Waals surface area contributed by atoms with E-state index in [1.54, 1.807) is 0 Å². The number of carbonyl (C=O) groups is 2. The number of hydrogen-bond donors (Lipinski definition) is 4. The normalized spacial score (nSPS) is 29.5. The molecule has 4 saturated carbocycles. The Kier molecular flexibility index (Phi) is 6.09. The van der Waals surface area contributed by atoms with Crippen molar-refractivity contribution >= 4 is 17.6 Å². The van der Waals surface area contributed by atoms with Crippen molar-refractivity contribution in [3.05, 3.63) is 29.8 Å². The molecule has 4 aliphatic rings. The molecule has 1 aromatic rings. The van der Waals surface area contributed by atoms with Gasteiger partial charge in [-0.2, -0.15) is 0 Å². The van der Waals surface area contributed by atoms with Gasteiger partial charge in [0.2, 0.25) is 5.91 Å². The van der Waals surface area contributed by atoms with Gasteiger partial charge in [-0.1, -0.05) is 19.1 Å². The molecule has 4 aliphatic carbocycles. The van der Waals surface area contributed by atoms with Gasteiger partial charge in [-0.05, 0) is 80.5 Å². The molecule has 0 aliphatic heterocycles. The van der Waals surface area contributed by atoms with Crippen molar-refractivity contribution in [1.29, 1.82) is 0 Å². The molecule has 0 saturated heterocycles. The molecule has 0 aromatic heterocycles. The van der Waals surface area contributed by atoms with Crippen LogP contribution in [0.2, 0.25) is 0 Å². The van der Waals surface area contributed by atoms with Crippen LogP contribution in [0.4, 0.5) is 10.5 Å². The van der Waals surface area contributed by atoms with Gasteiger partial charge in [0.1, 0.15) is 0 Å². The van der Waals surface area contributed by atoms with Gasteiger partial charge >= 0.3 is 6.03 Å². The maximum absolute atomic E-state index is 12.5. The van der Waals surface area contributed by atoms with Gasteiger partial charge in [-0.25, -0.2) is 4.79 Å². The van der Waals surface area contributed by atoms with Crippen LogP contribution in [-0.4, -0.2) is 30.6 Å². The van der Waals surface area contributed by atoms with Crippen molar-refractivity contribution in [3.8, 4) is 0 Å². The Balaban J connectivity index is 1.19. The average molecular weight is 399 g/mol. The summed E-state index contributed by atoms with van der Waals surface area (Å²) < 4.78 is 0. The van der Waals surface area contributed by atoms with Crippen molar-refractivity contribution in [2.45, 2.75) is 64.0 Å². The topological polar surface area (TPSA) is 82.3 Å². The maximum atomic E-state index is 12.5. The molecule has 0 heterocycles. The lowest BCUT2D eigenvalue weighted by Gasteiger charge is -2.56. The SMILES string of the molecule is CCNCc1cccc(NC(=O)CCNC(=O)NC23CC4CC(CC(C4)C2)C3)c1. The smallest absolute Gasteiger partial charge is 0.315 e. The molecule has 6 heteroatoms. The van der Waals surface area contributed by atoms with E-state index in [1.807, 2.05) is 24.3 Å². The Morgan fingerprint density at radius 3 is 2.41 bits per heavy atom. The number of amides is 3. The van der Waals surface area contributed by atoms with E-state index >= 15 is 0 Å². The Hall–Kier alpha value is -2.08. The monoisotopic (exact) mass is 398 g/mol. The van der Waals surface area contributed by atoms with Crippen molar-refractivity contribution in [1.82, 2.24) is 16.0 Å². The summed E-state index contributed by atoms with van der Waals surface area (Å²) in [7, 11) is 0. The highest BCUT2D eigenvalue weighted by Gasteiger charge is 2.51. The molecule has 158 valence electrons. The van der Waals surface area contributed by atoms with E-state index in [0.717, 1.165) is 61.4 Å². The van der Waals surface area contributed by atoms with Gasteiger partial charge in [0.05, 0.1) is 0 Å². The molecule has 0 radical (unpaired) electrons. The van der Waals surface area contributed by atoms with Gasteiger partial charge in [0, 0.05) is 30.7 Å². The van der Waals surface area contributed by atoms with E-state index in [9.17, 15) is 9.59 Å². The molecule has 6 nitrogen and oxygen atoms in total. The number of carbonyl (C=O) groups excluding carboxylic acids is 2. The molecule has 0 spiro atoms. The largest absolute Gasteiger partial charge is 0.338 e. The number of nitrogens with one attached hydrogen (secondary N) is 4. The third-order valence-corrected chi connectivity index (χ3v) is 6.84. The third-order valence-electron chi connectivity index (χ3n) is 6.84. The zero-order chi connectivity index (χ0) is 20.3. The van der Waals surface area contributed by atoms with Crippen molar-refractivity contribution in [2.24, 2.45) is 17.8 Å². The predicted octanol–water partition coefficient (Wildman–Crippen LogP) is 3.39. The van der Waals surface area contributed by atoms with Crippen LogP contribution < -0.4 is 21.3 Å². The second-order valence-electron chi connectivity index (χ2n) is 9.36. The highest BCUT2D eigenvalue weighted by molar-refractivity contribution is 5.91. The van der Waals surface area contributed by atoms with Crippen molar-refractivity contribution in [2.75, 3.05) is 18.4 Å². The van der Waals surface area contributed by atoms with Crippen LogP contribution in [0, 0.1) is 17.8 Å². The zero-order valence-corrected chi connectivity index (χ0v) is 17.4. The lowest BCUT2D eigenvalue weighted by Crippen LogP contribution is -2.61. The molecule has 0 atom stereocenters. The molecule has 3 amide bonds. The van der Waals surface area contributed by atoms with E-state index in [4.69, 9.17) is 0 Å². The minimum Gasteiger partial charge on any atom is -0.338 e. The number of anilines is 1. The van der Waals surface area contributed by atoms with Gasteiger partial charge < -0.3 is 21.3 Å². The summed E-state index contributed by atoms with van der Waals surface area (Å²) in [5.74, 6) is 2.32. The lowest BCUT2D eigenvalue weighted by molar-refractivity contribution is -0.116. The minimum atomic E-state index is -0.118. The first-order valence-electron chi connectivity index (χ1n) is 11.2. The van der Waals surface area contributed by atoms with Crippen molar-refractivity contribution < 1.29 is 9.59 Å². The van der Waals surface area contributed by atoms with Crippen LogP contribution in [-0.2, 0) is 11.3 Å². The first-order valence-corrected chi connectivity index (χ1v) is 11.2.